The van der Waals surface area contributed by atoms with Crippen LogP contribution in [0.5, 0.6) is 0 Å². The van der Waals surface area contributed by atoms with Crippen molar-refractivity contribution in [2.45, 2.75) is 16.5 Å². The van der Waals surface area contributed by atoms with Crippen molar-refractivity contribution in [3.63, 3.8) is 0 Å². The van der Waals surface area contributed by atoms with Crippen LogP contribution in [0.4, 0.5) is 5.88 Å². The van der Waals surface area contributed by atoms with Gasteiger partial charge in [0.05, 0.1) is 17.7 Å². The number of oxazole rings is 1. The van der Waals surface area contributed by atoms with E-state index in [1.165, 1.54) is 12.1 Å². The fraction of sp³-hybridized carbons (Fsp3) is 0.0500. The smallest absolute Gasteiger partial charge is 0.234 e. The zero-order valence-corrected chi connectivity index (χ0v) is 18.8. The summed E-state index contributed by atoms with van der Waals surface area (Å²) in [4.78, 5) is 4.43. The van der Waals surface area contributed by atoms with E-state index in [-0.39, 0.29) is 28.2 Å². The van der Waals surface area contributed by atoms with Crippen LogP contribution in [-0.4, -0.2) is 13.4 Å². The van der Waals surface area contributed by atoms with Gasteiger partial charge in [-0.15, -0.1) is 0 Å². The molecular formula is C20H14Br2N2O4S. The molecular weight excluding hydrogens is 524 g/mol. The number of benzene rings is 2. The number of rotatable bonds is 6. The first-order valence-electron chi connectivity index (χ1n) is 8.47. The van der Waals surface area contributed by atoms with E-state index in [4.69, 9.17) is 8.83 Å². The Morgan fingerprint density at radius 3 is 2.21 bits per heavy atom. The summed E-state index contributed by atoms with van der Waals surface area (Å²) in [6.07, 6.45) is 1.55. The Labute approximate surface area is 184 Å². The van der Waals surface area contributed by atoms with Gasteiger partial charge in [-0.3, -0.25) is 0 Å². The normalized spacial score (nSPS) is 11.5. The quantitative estimate of drug-likeness (QED) is 0.329. The molecule has 0 aliphatic rings. The second kappa shape index (κ2) is 8.17. The van der Waals surface area contributed by atoms with Gasteiger partial charge in [0, 0.05) is 14.5 Å². The third-order valence-electron chi connectivity index (χ3n) is 4.07. The maximum Gasteiger partial charge on any atom is 0.234 e. The van der Waals surface area contributed by atoms with Crippen LogP contribution >= 0.6 is 31.9 Å². The molecule has 0 saturated carbocycles. The second-order valence-electron chi connectivity index (χ2n) is 6.05. The molecule has 4 rings (SSSR count). The number of hydrogen-bond acceptors (Lipinski definition) is 6. The Kier molecular flexibility index (Phi) is 5.62. The first-order valence-corrected chi connectivity index (χ1v) is 11.5. The SMILES string of the molecule is O=S(=O)(c1ccc(Br)cc1)c1nc(-c2ccc(Br)cc2)oc1NCc1ccco1. The summed E-state index contributed by atoms with van der Waals surface area (Å²) in [5.41, 5.74) is 0.659. The van der Waals surface area contributed by atoms with Crippen molar-refractivity contribution in [3.05, 3.63) is 81.6 Å². The highest BCUT2D eigenvalue weighted by molar-refractivity contribution is 9.10. The number of anilines is 1. The highest BCUT2D eigenvalue weighted by atomic mass is 79.9. The molecule has 0 unspecified atom stereocenters. The van der Waals surface area contributed by atoms with Crippen molar-refractivity contribution in [1.82, 2.24) is 4.98 Å². The predicted molar refractivity (Wildman–Crippen MR) is 115 cm³/mol. The maximum atomic E-state index is 13.2. The topological polar surface area (TPSA) is 85.3 Å². The number of aromatic nitrogens is 1. The molecule has 0 radical (unpaired) electrons. The summed E-state index contributed by atoms with van der Waals surface area (Å²) in [6, 6.07) is 17.2. The molecule has 0 saturated heterocycles. The van der Waals surface area contributed by atoms with Crippen molar-refractivity contribution in [1.29, 1.82) is 0 Å². The third kappa shape index (κ3) is 4.31. The van der Waals surface area contributed by atoms with Gasteiger partial charge in [0.15, 0.2) is 0 Å². The van der Waals surface area contributed by atoms with Crippen LogP contribution in [0, 0.1) is 0 Å². The van der Waals surface area contributed by atoms with Gasteiger partial charge in [0.25, 0.3) is 0 Å². The predicted octanol–water partition coefficient (Wildman–Crippen LogP) is 5.90. The van der Waals surface area contributed by atoms with E-state index in [1.54, 1.807) is 42.7 Å². The van der Waals surface area contributed by atoms with Gasteiger partial charge in [-0.1, -0.05) is 31.9 Å². The fourth-order valence-corrected chi connectivity index (χ4v) is 4.43. The number of hydrogen-bond donors (Lipinski definition) is 1. The lowest BCUT2D eigenvalue weighted by Crippen LogP contribution is -2.07. The van der Waals surface area contributed by atoms with Crippen molar-refractivity contribution >= 4 is 47.6 Å². The molecule has 2 aromatic heterocycles. The van der Waals surface area contributed by atoms with E-state index in [0.717, 1.165) is 8.95 Å². The number of halogens is 2. The van der Waals surface area contributed by atoms with Crippen LogP contribution in [0.2, 0.25) is 0 Å². The summed E-state index contributed by atoms with van der Waals surface area (Å²) in [6.45, 7) is 0.255. The van der Waals surface area contributed by atoms with E-state index in [9.17, 15) is 8.42 Å². The zero-order chi connectivity index (χ0) is 20.4. The van der Waals surface area contributed by atoms with E-state index >= 15 is 0 Å². The van der Waals surface area contributed by atoms with E-state index in [2.05, 4.69) is 42.2 Å². The molecule has 0 aliphatic heterocycles. The molecule has 0 aliphatic carbocycles. The van der Waals surface area contributed by atoms with Crippen molar-refractivity contribution < 1.29 is 17.3 Å². The molecule has 0 atom stereocenters. The van der Waals surface area contributed by atoms with Crippen LogP contribution in [0.25, 0.3) is 11.5 Å². The number of sulfone groups is 1. The Morgan fingerprint density at radius 1 is 0.931 bits per heavy atom. The summed E-state index contributed by atoms with van der Waals surface area (Å²) in [5, 5.41) is 2.81. The van der Waals surface area contributed by atoms with Gasteiger partial charge in [-0.2, -0.15) is 4.98 Å². The molecule has 1 N–H and O–H groups in total. The second-order valence-corrected chi connectivity index (χ2v) is 9.75. The number of furan rings is 1. The molecule has 148 valence electrons. The maximum absolute atomic E-state index is 13.2. The van der Waals surface area contributed by atoms with Crippen molar-refractivity contribution in [2.24, 2.45) is 0 Å². The highest BCUT2D eigenvalue weighted by Crippen LogP contribution is 2.33. The average molecular weight is 538 g/mol. The Bertz CT molecular complexity index is 1220. The highest BCUT2D eigenvalue weighted by Gasteiger charge is 2.28. The lowest BCUT2D eigenvalue weighted by molar-refractivity contribution is 0.511. The fourth-order valence-electron chi connectivity index (χ4n) is 2.62. The van der Waals surface area contributed by atoms with Crippen LogP contribution in [-0.2, 0) is 16.4 Å². The summed E-state index contributed by atoms with van der Waals surface area (Å²) in [7, 11) is -3.90. The van der Waals surface area contributed by atoms with Gasteiger partial charge >= 0.3 is 0 Å². The molecule has 0 amide bonds. The zero-order valence-electron chi connectivity index (χ0n) is 14.8. The number of nitrogens with one attached hydrogen (secondary N) is 1. The Balaban J connectivity index is 1.77. The van der Waals surface area contributed by atoms with Gasteiger partial charge in [-0.25, -0.2) is 8.42 Å². The van der Waals surface area contributed by atoms with E-state index in [0.29, 0.717) is 11.3 Å². The van der Waals surface area contributed by atoms with Crippen molar-refractivity contribution in [2.75, 3.05) is 5.32 Å². The summed E-state index contributed by atoms with van der Waals surface area (Å²) >= 11 is 6.69. The van der Waals surface area contributed by atoms with Crippen LogP contribution < -0.4 is 5.32 Å². The van der Waals surface area contributed by atoms with Crippen LogP contribution in [0.1, 0.15) is 5.76 Å². The van der Waals surface area contributed by atoms with Gasteiger partial charge in [0.1, 0.15) is 5.76 Å². The average Bonchev–Trinajstić information content (AvgIpc) is 3.37. The molecule has 0 fully saturated rings. The van der Waals surface area contributed by atoms with Gasteiger partial charge in [-0.05, 0) is 60.7 Å². The van der Waals surface area contributed by atoms with Gasteiger partial charge in [0.2, 0.25) is 26.6 Å². The van der Waals surface area contributed by atoms with Crippen LogP contribution in [0.3, 0.4) is 0 Å². The lowest BCUT2D eigenvalue weighted by Gasteiger charge is -2.05. The van der Waals surface area contributed by atoms with Crippen molar-refractivity contribution in [3.8, 4) is 11.5 Å². The number of nitrogens with zero attached hydrogens (tertiary/aromatic N) is 1. The molecule has 0 spiro atoms. The molecule has 4 aromatic rings. The first-order chi connectivity index (χ1) is 13.9. The van der Waals surface area contributed by atoms with Gasteiger partial charge < -0.3 is 14.2 Å². The minimum atomic E-state index is -3.90. The molecule has 29 heavy (non-hydrogen) atoms. The Morgan fingerprint density at radius 2 is 1.59 bits per heavy atom. The van der Waals surface area contributed by atoms with E-state index < -0.39 is 9.84 Å². The molecule has 2 aromatic carbocycles. The summed E-state index contributed by atoms with van der Waals surface area (Å²) < 4.78 is 39.2. The lowest BCUT2D eigenvalue weighted by atomic mass is 10.2. The van der Waals surface area contributed by atoms with Crippen LogP contribution in [0.15, 0.2) is 94.6 Å². The molecule has 0 bridgehead atoms. The standard InChI is InChI=1S/C20H14Br2N2O4S/c21-14-5-3-13(4-6-14)18-24-20(19(28-18)23-12-16-2-1-11-27-16)29(25,26)17-9-7-15(22)8-10-17/h1-11,23H,12H2. The monoisotopic (exact) mass is 536 g/mol. The Hall–Kier alpha value is -2.36. The molecule has 2 heterocycles. The minimum Gasteiger partial charge on any atom is -0.467 e. The molecule has 6 nitrogen and oxygen atoms in total. The largest absolute Gasteiger partial charge is 0.467 e. The van der Waals surface area contributed by atoms with E-state index in [1.807, 2.05) is 12.1 Å². The minimum absolute atomic E-state index is 0.0576. The first kappa shape index (κ1) is 19.9. The molecule has 9 heteroatoms. The third-order valence-corrected chi connectivity index (χ3v) is 6.80. The summed E-state index contributed by atoms with van der Waals surface area (Å²) in [5.74, 6) is 0.899.